The van der Waals surface area contributed by atoms with E-state index in [0.717, 1.165) is 12.1 Å². The maximum atomic E-state index is 10.9. The van der Waals surface area contributed by atoms with Crippen molar-refractivity contribution in [3.8, 4) is 0 Å². The molecule has 0 saturated carbocycles. The summed E-state index contributed by atoms with van der Waals surface area (Å²) in [5.41, 5.74) is 0.958. The molecule has 0 fully saturated rings. The summed E-state index contributed by atoms with van der Waals surface area (Å²) in [7, 11) is 0. The molecule has 0 bridgehead atoms. The van der Waals surface area contributed by atoms with Crippen molar-refractivity contribution in [3.05, 3.63) is 50.7 Å². The first-order valence-electron chi connectivity index (χ1n) is 6.30. The highest BCUT2D eigenvalue weighted by Crippen LogP contribution is 2.25. The number of thiophene rings is 1. The van der Waals surface area contributed by atoms with Crippen LogP contribution in [-0.4, -0.2) is 17.1 Å². The molecule has 5 heteroatoms. The van der Waals surface area contributed by atoms with Crippen molar-refractivity contribution in [1.82, 2.24) is 0 Å². The summed E-state index contributed by atoms with van der Waals surface area (Å²) < 4.78 is 0. The molecule has 0 saturated heterocycles. The van der Waals surface area contributed by atoms with E-state index in [2.05, 4.69) is 31.3 Å². The number of anilines is 1. The van der Waals surface area contributed by atoms with Gasteiger partial charge in [0.05, 0.1) is 16.3 Å². The van der Waals surface area contributed by atoms with E-state index in [9.17, 15) is 4.79 Å². The van der Waals surface area contributed by atoms with Crippen molar-refractivity contribution < 1.29 is 9.90 Å². The van der Waals surface area contributed by atoms with Gasteiger partial charge < -0.3 is 10.4 Å². The molecular formula is C15H16ClNO2S. The molecule has 1 heterocycles. The number of hydrogen-bond acceptors (Lipinski definition) is 3. The highest BCUT2D eigenvalue weighted by Gasteiger charge is 2.10. The standard InChI is InChI=1S/C15H16ClNO2S/c1-9(7-12-5-3-10(2)20-12)17-14-6-4-11(15(18)19)8-13(14)16/h3-6,8-9,17H,7H2,1-2H3,(H,18,19). The van der Waals surface area contributed by atoms with Crippen molar-refractivity contribution in [1.29, 1.82) is 0 Å². The van der Waals surface area contributed by atoms with Crippen LogP contribution in [0.15, 0.2) is 30.3 Å². The summed E-state index contributed by atoms with van der Waals surface area (Å²) >= 11 is 7.89. The van der Waals surface area contributed by atoms with Gasteiger partial charge in [0.15, 0.2) is 0 Å². The highest BCUT2D eigenvalue weighted by molar-refractivity contribution is 7.11. The summed E-state index contributed by atoms with van der Waals surface area (Å²) in [6.45, 7) is 4.17. The van der Waals surface area contributed by atoms with Crippen molar-refractivity contribution in [2.24, 2.45) is 0 Å². The number of carboxylic acid groups (broad SMARTS) is 1. The molecule has 2 rings (SSSR count). The fourth-order valence-corrected chi connectivity index (χ4v) is 3.23. The molecule has 0 amide bonds. The molecule has 20 heavy (non-hydrogen) atoms. The first kappa shape index (κ1) is 14.9. The number of halogens is 1. The lowest BCUT2D eigenvalue weighted by molar-refractivity contribution is 0.0697. The van der Waals surface area contributed by atoms with Crippen LogP contribution in [0.2, 0.25) is 5.02 Å². The van der Waals surface area contributed by atoms with E-state index in [0.29, 0.717) is 5.02 Å². The molecule has 3 nitrogen and oxygen atoms in total. The fourth-order valence-electron chi connectivity index (χ4n) is 1.98. The molecule has 1 aromatic heterocycles. The lowest BCUT2D eigenvalue weighted by Crippen LogP contribution is -2.17. The average Bonchev–Trinajstić information content (AvgIpc) is 2.77. The van der Waals surface area contributed by atoms with Gasteiger partial charge in [-0.1, -0.05) is 11.6 Å². The van der Waals surface area contributed by atoms with Crippen LogP contribution in [0.5, 0.6) is 0 Å². The normalized spacial score (nSPS) is 12.2. The topological polar surface area (TPSA) is 49.3 Å². The lowest BCUT2D eigenvalue weighted by Gasteiger charge is -2.16. The van der Waals surface area contributed by atoms with Gasteiger partial charge in [-0.05, 0) is 44.2 Å². The van der Waals surface area contributed by atoms with Crippen molar-refractivity contribution >= 4 is 34.6 Å². The second-order valence-corrected chi connectivity index (χ2v) is 6.54. The van der Waals surface area contributed by atoms with Gasteiger partial charge in [-0.3, -0.25) is 0 Å². The molecule has 0 radical (unpaired) electrons. The van der Waals surface area contributed by atoms with Crippen molar-refractivity contribution in [2.75, 3.05) is 5.32 Å². The predicted octanol–water partition coefficient (Wildman–Crippen LogP) is 4.45. The van der Waals surface area contributed by atoms with Gasteiger partial charge in [0.2, 0.25) is 0 Å². The molecule has 1 unspecified atom stereocenters. The quantitative estimate of drug-likeness (QED) is 0.857. The van der Waals surface area contributed by atoms with Gasteiger partial charge in [0, 0.05) is 22.2 Å². The van der Waals surface area contributed by atoms with Crippen LogP contribution in [-0.2, 0) is 6.42 Å². The summed E-state index contributed by atoms with van der Waals surface area (Å²) in [4.78, 5) is 13.5. The van der Waals surface area contributed by atoms with Crippen LogP contribution in [0.3, 0.4) is 0 Å². The molecule has 1 atom stereocenters. The van der Waals surface area contributed by atoms with Crippen molar-refractivity contribution in [2.45, 2.75) is 26.3 Å². The second kappa shape index (κ2) is 6.29. The van der Waals surface area contributed by atoms with E-state index in [1.54, 1.807) is 23.5 Å². The largest absolute Gasteiger partial charge is 0.478 e. The number of carbonyl (C=O) groups is 1. The van der Waals surface area contributed by atoms with E-state index in [-0.39, 0.29) is 11.6 Å². The van der Waals surface area contributed by atoms with E-state index >= 15 is 0 Å². The van der Waals surface area contributed by atoms with Crippen LogP contribution in [0.25, 0.3) is 0 Å². The zero-order chi connectivity index (χ0) is 14.7. The highest BCUT2D eigenvalue weighted by atomic mass is 35.5. The van der Waals surface area contributed by atoms with E-state index in [1.165, 1.54) is 15.8 Å². The molecule has 2 N–H and O–H groups in total. The van der Waals surface area contributed by atoms with E-state index in [4.69, 9.17) is 16.7 Å². The third-order valence-corrected chi connectivity index (χ3v) is 4.26. The Morgan fingerprint density at radius 1 is 1.40 bits per heavy atom. The number of aromatic carboxylic acids is 1. The minimum absolute atomic E-state index is 0.196. The third kappa shape index (κ3) is 3.74. The Bertz CT molecular complexity index is 624. The molecular weight excluding hydrogens is 294 g/mol. The maximum Gasteiger partial charge on any atom is 0.335 e. The molecule has 106 valence electrons. The minimum atomic E-state index is -0.972. The van der Waals surface area contributed by atoms with Gasteiger partial charge >= 0.3 is 5.97 Å². The first-order chi connectivity index (χ1) is 9.45. The van der Waals surface area contributed by atoms with Gasteiger partial charge in [0.25, 0.3) is 0 Å². The zero-order valence-corrected chi connectivity index (χ0v) is 12.9. The summed E-state index contributed by atoms with van der Waals surface area (Å²) in [5.74, 6) is -0.972. The molecule has 0 aliphatic carbocycles. The van der Waals surface area contributed by atoms with Gasteiger partial charge in [-0.15, -0.1) is 11.3 Å². The zero-order valence-electron chi connectivity index (χ0n) is 11.3. The van der Waals surface area contributed by atoms with Crippen LogP contribution < -0.4 is 5.32 Å². The SMILES string of the molecule is Cc1ccc(CC(C)Nc2ccc(C(=O)O)cc2Cl)s1. The second-order valence-electron chi connectivity index (χ2n) is 4.76. The number of rotatable bonds is 5. The monoisotopic (exact) mass is 309 g/mol. The predicted molar refractivity (Wildman–Crippen MR) is 84.3 cm³/mol. The fraction of sp³-hybridized carbons (Fsp3) is 0.267. The average molecular weight is 310 g/mol. The summed E-state index contributed by atoms with van der Waals surface area (Å²) in [6.07, 6.45) is 0.912. The minimum Gasteiger partial charge on any atom is -0.478 e. The summed E-state index contributed by atoms with van der Waals surface area (Å²) in [6, 6.07) is 9.20. The van der Waals surface area contributed by atoms with Crippen LogP contribution in [0, 0.1) is 6.92 Å². The molecule has 0 aliphatic heterocycles. The van der Waals surface area contributed by atoms with Gasteiger partial charge in [-0.2, -0.15) is 0 Å². The number of aryl methyl sites for hydroxylation is 1. The van der Waals surface area contributed by atoms with E-state index in [1.807, 2.05) is 0 Å². The molecule has 1 aromatic carbocycles. The molecule has 0 spiro atoms. The van der Waals surface area contributed by atoms with Gasteiger partial charge in [-0.25, -0.2) is 4.79 Å². The Morgan fingerprint density at radius 2 is 2.15 bits per heavy atom. The Hall–Kier alpha value is -1.52. The lowest BCUT2D eigenvalue weighted by atomic mass is 10.1. The number of nitrogens with one attached hydrogen (secondary N) is 1. The first-order valence-corrected chi connectivity index (χ1v) is 7.50. The third-order valence-electron chi connectivity index (χ3n) is 2.92. The Labute approximate surface area is 127 Å². The van der Waals surface area contributed by atoms with Crippen LogP contribution in [0.4, 0.5) is 5.69 Å². The molecule has 2 aromatic rings. The van der Waals surface area contributed by atoms with Crippen LogP contribution >= 0.6 is 22.9 Å². The van der Waals surface area contributed by atoms with Gasteiger partial charge in [0.1, 0.15) is 0 Å². The smallest absolute Gasteiger partial charge is 0.335 e. The van der Waals surface area contributed by atoms with Crippen molar-refractivity contribution in [3.63, 3.8) is 0 Å². The Morgan fingerprint density at radius 3 is 2.70 bits per heavy atom. The number of hydrogen-bond donors (Lipinski definition) is 2. The van der Waals surface area contributed by atoms with E-state index < -0.39 is 5.97 Å². The summed E-state index contributed by atoms with van der Waals surface area (Å²) in [5, 5.41) is 12.6. The maximum absolute atomic E-state index is 10.9. The Kier molecular flexibility index (Phi) is 4.68. The van der Waals surface area contributed by atoms with Crippen LogP contribution in [0.1, 0.15) is 27.0 Å². The number of benzene rings is 1. The number of carboxylic acids is 1. The Balaban J connectivity index is 2.04. The molecule has 0 aliphatic rings.